The molecule has 1 fully saturated rings. The van der Waals surface area contributed by atoms with Crippen molar-refractivity contribution in [1.82, 2.24) is 10.2 Å². The number of likely N-dealkylation sites (tertiary alicyclic amines) is 1. The normalized spacial score (nSPS) is 15.5. The van der Waals surface area contributed by atoms with Crippen LogP contribution in [0.1, 0.15) is 29.6 Å². The highest BCUT2D eigenvalue weighted by Crippen LogP contribution is 2.23. The fourth-order valence-electron chi connectivity index (χ4n) is 2.55. The topological polar surface area (TPSA) is 58.6 Å². The highest BCUT2D eigenvalue weighted by atomic mass is 35.5. The van der Waals surface area contributed by atoms with Crippen LogP contribution in [0, 0.1) is 0 Å². The molecule has 1 aliphatic rings. The van der Waals surface area contributed by atoms with Gasteiger partial charge < -0.3 is 15.0 Å². The van der Waals surface area contributed by atoms with Crippen LogP contribution in [0.5, 0.6) is 0 Å². The number of amides is 2. The fraction of sp³-hybridized carbons (Fsp3) is 0.500. The average Bonchev–Trinajstić information content (AvgIpc) is 2.55. The lowest BCUT2D eigenvalue weighted by Crippen LogP contribution is -2.46. The molecular formula is C16H20Cl2N2O3. The Bertz CT molecular complexity index is 572. The number of piperidine rings is 1. The van der Waals surface area contributed by atoms with Crippen LogP contribution in [0.2, 0.25) is 10.0 Å². The molecule has 0 radical (unpaired) electrons. The third-order valence-corrected chi connectivity index (χ3v) is 4.40. The zero-order chi connectivity index (χ0) is 16.8. The quantitative estimate of drug-likeness (QED) is 0.880. The molecule has 23 heavy (non-hydrogen) atoms. The number of benzene rings is 1. The van der Waals surface area contributed by atoms with E-state index >= 15 is 0 Å². The Kier molecular flexibility index (Phi) is 6.69. The van der Waals surface area contributed by atoms with E-state index in [2.05, 4.69) is 5.32 Å². The van der Waals surface area contributed by atoms with Crippen molar-refractivity contribution in [3.63, 3.8) is 0 Å². The molecule has 1 aromatic carbocycles. The number of methoxy groups -OCH3 is 1. The molecule has 126 valence electrons. The second-order valence-corrected chi connectivity index (χ2v) is 6.34. The van der Waals surface area contributed by atoms with Crippen LogP contribution < -0.4 is 5.32 Å². The van der Waals surface area contributed by atoms with Crippen molar-refractivity contribution in [3.8, 4) is 0 Å². The molecule has 0 atom stereocenters. The minimum atomic E-state index is -0.123. The highest BCUT2D eigenvalue weighted by molar-refractivity contribution is 6.35. The molecule has 0 unspecified atom stereocenters. The summed E-state index contributed by atoms with van der Waals surface area (Å²) in [6, 6.07) is 4.96. The van der Waals surface area contributed by atoms with Crippen LogP contribution in [0.4, 0.5) is 0 Å². The second-order valence-electron chi connectivity index (χ2n) is 5.50. The number of nitrogens with zero attached hydrogens (tertiary/aromatic N) is 1. The monoisotopic (exact) mass is 358 g/mol. The van der Waals surface area contributed by atoms with Gasteiger partial charge in [-0.05, 0) is 31.0 Å². The third kappa shape index (κ3) is 5.09. The van der Waals surface area contributed by atoms with Gasteiger partial charge in [-0.3, -0.25) is 9.59 Å². The summed E-state index contributed by atoms with van der Waals surface area (Å²) in [5.74, 6) is -0.142. The van der Waals surface area contributed by atoms with Gasteiger partial charge in [-0.1, -0.05) is 23.2 Å². The molecule has 0 saturated carbocycles. The van der Waals surface area contributed by atoms with E-state index in [9.17, 15) is 9.59 Å². The molecule has 2 amide bonds. The number of rotatable bonds is 5. The van der Waals surface area contributed by atoms with Gasteiger partial charge >= 0.3 is 0 Å². The molecule has 1 heterocycles. The zero-order valence-corrected chi connectivity index (χ0v) is 14.5. The number of carbonyl (C=O) groups is 2. The molecule has 0 aliphatic carbocycles. The summed E-state index contributed by atoms with van der Waals surface area (Å²) < 4.78 is 4.88. The van der Waals surface area contributed by atoms with E-state index < -0.39 is 0 Å². The molecular weight excluding hydrogens is 339 g/mol. The van der Waals surface area contributed by atoms with Crippen LogP contribution in [0.25, 0.3) is 0 Å². The van der Waals surface area contributed by atoms with Crippen LogP contribution in [0.15, 0.2) is 18.2 Å². The lowest BCUT2D eigenvalue weighted by atomic mass is 10.0. The maximum Gasteiger partial charge on any atom is 0.255 e. The van der Waals surface area contributed by atoms with E-state index in [1.54, 1.807) is 30.2 Å². The van der Waals surface area contributed by atoms with Gasteiger partial charge in [-0.15, -0.1) is 0 Å². The average molecular weight is 359 g/mol. The summed E-state index contributed by atoms with van der Waals surface area (Å²) >= 11 is 12.0. The van der Waals surface area contributed by atoms with Crippen LogP contribution >= 0.6 is 23.2 Å². The summed E-state index contributed by atoms with van der Waals surface area (Å²) in [6.07, 6.45) is 1.80. The van der Waals surface area contributed by atoms with Crippen molar-refractivity contribution in [2.75, 3.05) is 26.8 Å². The van der Waals surface area contributed by atoms with Crippen molar-refractivity contribution >= 4 is 35.0 Å². The van der Waals surface area contributed by atoms with Gasteiger partial charge in [0.25, 0.3) is 5.91 Å². The molecule has 1 N–H and O–H groups in total. The van der Waals surface area contributed by atoms with Crippen molar-refractivity contribution in [1.29, 1.82) is 0 Å². The predicted molar refractivity (Wildman–Crippen MR) is 90.0 cm³/mol. The van der Waals surface area contributed by atoms with Gasteiger partial charge in [-0.2, -0.15) is 0 Å². The first-order chi connectivity index (χ1) is 11.0. The van der Waals surface area contributed by atoms with Gasteiger partial charge in [0.15, 0.2) is 0 Å². The molecule has 2 rings (SSSR count). The number of ether oxygens (including phenoxy) is 1. The number of carbonyl (C=O) groups excluding carboxylic acids is 2. The third-order valence-electron chi connectivity index (χ3n) is 3.84. The van der Waals surface area contributed by atoms with Crippen molar-refractivity contribution in [2.45, 2.75) is 25.3 Å². The highest BCUT2D eigenvalue weighted by Gasteiger charge is 2.25. The van der Waals surface area contributed by atoms with E-state index in [1.807, 2.05) is 0 Å². The molecule has 1 aliphatic heterocycles. The molecule has 1 saturated heterocycles. The van der Waals surface area contributed by atoms with Gasteiger partial charge in [0.2, 0.25) is 5.91 Å². The van der Waals surface area contributed by atoms with E-state index in [-0.39, 0.29) is 17.9 Å². The van der Waals surface area contributed by atoms with E-state index in [4.69, 9.17) is 27.9 Å². The van der Waals surface area contributed by atoms with Gasteiger partial charge in [0, 0.05) is 37.7 Å². The molecule has 0 spiro atoms. The fourth-order valence-corrected chi connectivity index (χ4v) is 2.92. The lowest BCUT2D eigenvalue weighted by molar-refractivity contribution is -0.122. The Hall–Kier alpha value is -1.30. The second kappa shape index (κ2) is 8.52. The minimum absolute atomic E-state index is 0.0190. The minimum Gasteiger partial charge on any atom is -0.384 e. The Balaban J connectivity index is 1.87. The van der Waals surface area contributed by atoms with E-state index in [0.29, 0.717) is 41.7 Å². The Labute approximate surface area is 145 Å². The first kappa shape index (κ1) is 18.0. The maximum atomic E-state index is 12.5. The Morgan fingerprint density at radius 2 is 2.00 bits per heavy atom. The summed E-state index contributed by atoms with van der Waals surface area (Å²) in [6.45, 7) is 1.57. The number of hydrogen-bond donors (Lipinski definition) is 1. The zero-order valence-electron chi connectivity index (χ0n) is 13.0. The molecule has 1 aromatic rings. The van der Waals surface area contributed by atoms with Crippen molar-refractivity contribution in [2.24, 2.45) is 0 Å². The number of nitrogens with one attached hydrogen (secondary N) is 1. The summed E-state index contributed by atoms with van der Waals surface area (Å²) in [7, 11) is 1.57. The van der Waals surface area contributed by atoms with Crippen LogP contribution in [-0.4, -0.2) is 49.6 Å². The van der Waals surface area contributed by atoms with E-state index in [0.717, 1.165) is 12.8 Å². The lowest BCUT2D eigenvalue weighted by Gasteiger charge is -2.32. The summed E-state index contributed by atoms with van der Waals surface area (Å²) in [5, 5.41) is 3.85. The van der Waals surface area contributed by atoms with Crippen LogP contribution in [0.3, 0.4) is 0 Å². The summed E-state index contributed by atoms with van der Waals surface area (Å²) in [5.41, 5.74) is 0.418. The largest absolute Gasteiger partial charge is 0.384 e. The first-order valence-electron chi connectivity index (χ1n) is 7.54. The SMILES string of the molecule is COCCC(=O)NC1CCN(C(=O)c2cc(Cl)ccc2Cl)CC1. The smallest absolute Gasteiger partial charge is 0.255 e. The van der Waals surface area contributed by atoms with Crippen LogP contribution in [-0.2, 0) is 9.53 Å². The number of halogens is 2. The van der Waals surface area contributed by atoms with Crippen molar-refractivity contribution in [3.05, 3.63) is 33.8 Å². The van der Waals surface area contributed by atoms with E-state index in [1.165, 1.54) is 0 Å². The molecule has 7 heteroatoms. The van der Waals surface area contributed by atoms with Gasteiger partial charge in [0.1, 0.15) is 0 Å². The van der Waals surface area contributed by atoms with Gasteiger partial charge in [-0.25, -0.2) is 0 Å². The first-order valence-corrected chi connectivity index (χ1v) is 8.29. The molecule has 0 bridgehead atoms. The van der Waals surface area contributed by atoms with Crippen molar-refractivity contribution < 1.29 is 14.3 Å². The number of hydrogen-bond acceptors (Lipinski definition) is 3. The Morgan fingerprint density at radius 1 is 1.30 bits per heavy atom. The predicted octanol–water partition coefficient (Wildman–Crippen LogP) is 2.75. The molecule has 5 nitrogen and oxygen atoms in total. The maximum absolute atomic E-state index is 12.5. The molecule has 0 aromatic heterocycles. The standard InChI is InChI=1S/C16H20Cl2N2O3/c1-23-9-6-15(21)19-12-4-7-20(8-5-12)16(22)13-10-11(17)2-3-14(13)18/h2-3,10,12H,4-9H2,1H3,(H,19,21). The van der Waals surface area contributed by atoms with Gasteiger partial charge in [0.05, 0.1) is 17.2 Å². The Morgan fingerprint density at radius 3 is 2.65 bits per heavy atom. The summed E-state index contributed by atoms with van der Waals surface area (Å²) in [4.78, 5) is 26.0.